The standard InChI is InChI=1S/C21H20ClN3O4/c1-13(26)23-17-7-6-14(28-2)10-18(17)24-21(27)15-11-16(22)19(12-20(15)29-3)25-8-4-5-9-25/h4-12H,1-3H3,(H,23,26)(H,24,27). The summed E-state index contributed by atoms with van der Waals surface area (Å²) in [4.78, 5) is 24.4. The molecular formula is C21H20ClN3O4. The summed E-state index contributed by atoms with van der Waals surface area (Å²) in [5.74, 6) is 0.187. The normalized spacial score (nSPS) is 10.3. The van der Waals surface area contributed by atoms with E-state index in [2.05, 4.69) is 10.6 Å². The van der Waals surface area contributed by atoms with Crippen LogP contribution in [0.3, 0.4) is 0 Å². The van der Waals surface area contributed by atoms with Crippen molar-refractivity contribution in [3.63, 3.8) is 0 Å². The van der Waals surface area contributed by atoms with Gasteiger partial charge in [0.1, 0.15) is 11.5 Å². The number of hydrogen-bond acceptors (Lipinski definition) is 4. The molecule has 2 amide bonds. The van der Waals surface area contributed by atoms with Gasteiger partial charge in [0, 0.05) is 31.5 Å². The van der Waals surface area contributed by atoms with Gasteiger partial charge in [-0.05, 0) is 30.3 Å². The fraction of sp³-hybridized carbons (Fsp3) is 0.143. The van der Waals surface area contributed by atoms with Gasteiger partial charge in [0.2, 0.25) is 5.91 Å². The maximum Gasteiger partial charge on any atom is 0.259 e. The van der Waals surface area contributed by atoms with Gasteiger partial charge in [-0.15, -0.1) is 0 Å². The number of aromatic nitrogens is 1. The summed E-state index contributed by atoms with van der Waals surface area (Å²) in [5, 5.41) is 5.85. The average molecular weight is 414 g/mol. The first-order valence-electron chi connectivity index (χ1n) is 8.70. The predicted octanol–water partition coefficient (Wildman–Crippen LogP) is 4.36. The van der Waals surface area contributed by atoms with Gasteiger partial charge in [-0.2, -0.15) is 0 Å². The van der Waals surface area contributed by atoms with Crippen molar-refractivity contribution in [1.82, 2.24) is 4.57 Å². The monoisotopic (exact) mass is 413 g/mol. The molecule has 3 rings (SSSR count). The van der Waals surface area contributed by atoms with Crippen molar-refractivity contribution in [3.05, 3.63) is 65.4 Å². The summed E-state index contributed by atoms with van der Waals surface area (Å²) >= 11 is 6.41. The molecule has 29 heavy (non-hydrogen) atoms. The second-order valence-electron chi connectivity index (χ2n) is 6.14. The maximum absolute atomic E-state index is 13.0. The van der Waals surface area contributed by atoms with Crippen LogP contribution in [0.5, 0.6) is 11.5 Å². The van der Waals surface area contributed by atoms with Crippen LogP contribution in [-0.4, -0.2) is 30.6 Å². The molecule has 0 aliphatic rings. The molecule has 0 saturated carbocycles. The van der Waals surface area contributed by atoms with Gasteiger partial charge in [0.05, 0.1) is 41.9 Å². The number of carbonyl (C=O) groups excluding carboxylic acids is 2. The van der Waals surface area contributed by atoms with Crippen LogP contribution in [0.1, 0.15) is 17.3 Å². The van der Waals surface area contributed by atoms with Crippen molar-refractivity contribution in [1.29, 1.82) is 0 Å². The molecule has 1 heterocycles. The highest BCUT2D eigenvalue weighted by molar-refractivity contribution is 6.33. The third-order valence-electron chi connectivity index (χ3n) is 4.18. The third-order valence-corrected chi connectivity index (χ3v) is 4.48. The predicted molar refractivity (Wildman–Crippen MR) is 113 cm³/mol. The van der Waals surface area contributed by atoms with Gasteiger partial charge < -0.3 is 24.7 Å². The fourth-order valence-electron chi connectivity index (χ4n) is 2.82. The summed E-state index contributed by atoms with van der Waals surface area (Å²) < 4.78 is 12.4. The van der Waals surface area contributed by atoms with Crippen molar-refractivity contribution < 1.29 is 19.1 Å². The molecule has 0 fully saturated rings. The van der Waals surface area contributed by atoms with Crippen LogP contribution < -0.4 is 20.1 Å². The van der Waals surface area contributed by atoms with Crippen molar-refractivity contribution in [2.24, 2.45) is 0 Å². The van der Waals surface area contributed by atoms with Crippen molar-refractivity contribution in [3.8, 4) is 17.2 Å². The number of amides is 2. The molecule has 0 atom stereocenters. The van der Waals surface area contributed by atoms with Crippen LogP contribution in [0.15, 0.2) is 54.9 Å². The number of halogens is 1. The Morgan fingerprint density at radius 3 is 2.31 bits per heavy atom. The van der Waals surface area contributed by atoms with Crippen LogP contribution in [0.25, 0.3) is 5.69 Å². The van der Waals surface area contributed by atoms with E-state index in [1.54, 1.807) is 30.3 Å². The molecule has 3 aromatic rings. The number of hydrogen-bond donors (Lipinski definition) is 2. The summed E-state index contributed by atoms with van der Waals surface area (Å²) in [6.07, 6.45) is 3.69. The molecule has 1 aromatic heterocycles. The zero-order valence-electron chi connectivity index (χ0n) is 16.2. The first-order chi connectivity index (χ1) is 13.9. The Morgan fingerprint density at radius 2 is 1.69 bits per heavy atom. The number of benzene rings is 2. The quantitative estimate of drug-likeness (QED) is 0.629. The molecule has 0 aliphatic heterocycles. The second-order valence-corrected chi connectivity index (χ2v) is 6.55. The number of nitrogens with one attached hydrogen (secondary N) is 2. The number of anilines is 2. The zero-order valence-corrected chi connectivity index (χ0v) is 16.9. The first-order valence-corrected chi connectivity index (χ1v) is 9.08. The van der Waals surface area contributed by atoms with Crippen molar-refractivity contribution in [2.75, 3.05) is 24.9 Å². The smallest absolute Gasteiger partial charge is 0.259 e. The number of rotatable bonds is 6. The Kier molecular flexibility index (Phi) is 6.09. The summed E-state index contributed by atoms with van der Waals surface area (Å²) in [7, 11) is 3.00. The molecule has 8 heteroatoms. The molecule has 7 nitrogen and oxygen atoms in total. The van der Waals surface area contributed by atoms with E-state index in [4.69, 9.17) is 21.1 Å². The summed E-state index contributed by atoms with van der Waals surface area (Å²) in [6.45, 7) is 1.39. The average Bonchev–Trinajstić information content (AvgIpc) is 3.23. The van der Waals surface area contributed by atoms with E-state index in [0.29, 0.717) is 33.6 Å². The largest absolute Gasteiger partial charge is 0.497 e. The number of ether oxygens (including phenoxy) is 2. The van der Waals surface area contributed by atoms with Gasteiger partial charge in [-0.1, -0.05) is 11.6 Å². The Balaban J connectivity index is 1.97. The lowest BCUT2D eigenvalue weighted by Crippen LogP contribution is -2.16. The second kappa shape index (κ2) is 8.70. The number of carbonyl (C=O) groups is 2. The molecule has 0 aliphatic carbocycles. The highest BCUT2D eigenvalue weighted by Gasteiger charge is 2.18. The van der Waals surface area contributed by atoms with Gasteiger partial charge in [0.15, 0.2) is 0 Å². The van der Waals surface area contributed by atoms with Gasteiger partial charge in [-0.25, -0.2) is 0 Å². The van der Waals surface area contributed by atoms with E-state index in [1.165, 1.54) is 21.1 Å². The molecule has 0 saturated heterocycles. The van der Waals surface area contributed by atoms with E-state index in [9.17, 15) is 9.59 Å². The van der Waals surface area contributed by atoms with Crippen LogP contribution in [-0.2, 0) is 4.79 Å². The topological polar surface area (TPSA) is 81.6 Å². The van der Waals surface area contributed by atoms with E-state index in [-0.39, 0.29) is 11.5 Å². The summed E-state index contributed by atoms with van der Waals surface area (Å²) in [6, 6.07) is 11.9. The lowest BCUT2D eigenvalue weighted by Gasteiger charge is -2.16. The van der Waals surface area contributed by atoms with E-state index in [1.807, 2.05) is 29.1 Å². The molecule has 150 valence electrons. The molecule has 0 radical (unpaired) electrons. The summed E-state index contributed by atoms with van der Waals surface area (Å²) in [5.41, 5.74) is 1.77. The Morgan fingerprint density at radius 1 is 0.966 bits per heavy atom. The van der Waals surface area contributed by atoms with Crippen LogP contribution in [0, 0.1) is 0 Å². The third kappa shape index (κ3) is 4.52. The van der Waals surface area contributed by atoms with E-state index in [0.717, 1.165) is 0 Å². The van der Waals surface area contributed by atoms with Crippen LogP contribution in [0.4, 0.5) is 11.4 Å². The lowest BCUT2D eigenvalue weighted by molar-refractivity contribution is -0.114. The Bertz CT molecular complexity index is 1050. The molecular weight excluding hydrogens is 394 g/mol. The van der Waals surface area contributed by atoms with Gasteiger partial charge in [0.25, 0.3) is 5.91 Å². The van der Waals surface area contributed by atoms with E-state index < -0.39 is 5.91 Å². The SMILES string of the molecule is COc1ccc(NC(C)=O)c(NC(=O)c2cc(Cl)c(-n3cccc3)cc2OC)c1. The minimum Gasteiger partial charge on any atom is -0.497 e. The molecule has 2 N–H and O–H groups in total. The number of nitrogens with zero attached hydrogens (tertiary/aromatic N) is 1. The maximum atomic E-state index is 13.0. The minimum atomic E-state index is -0.442. The molecule has 0 bridgehead atoms. The Hall–Kier alpha value is -3.45. The number of methoxy groups -OCH3 is 2. The van der Waals surface area contributed by atoms with Crippen molar-refractivity contribution >= 4 is 34.8 Å². The Labute approximate surface area is 173 Å². The van der Waals surface area contributed by atoms with Crippen molar-refractivity contribution in [2.45, 2.75) is 6.92 Å². The first kappa shape index (κ1) is 20.3. The minimum absolute atomic E-state index is 0.255. The van der Waals surface area contributed by atoms with E-state index >= 15 is 0 Å². The van der Waals surface area contributed by atoms with Crippen LogP contribution >= 0.6 is 11.6 Å². The highest BCUT2D eigenvalue weighted by atomic mass is 35.5. The molecule has 2 aromatic carbocycles. The van der Waals surface area contributed by atoms with Gasteiger partial charge >= 0.3 is 0 Å². The zero-order chi connectivity index (χ0) is 21.0. The van der Waals surface area contributed by atoms with Crippen LogP contribution in [0.2, 0.25) is 5.02 Å². The fourth-order valence-corrected chi connectivity index (χ4v) is 3.09. The lowest BCUT2D eigenvalue weighted by atomic mass is 10.1. The molecule has 0 unspecified atom stereocenters. The highest BCUT2D eigenvalue weighted by Crippen LogP contribution is 2.32. The van der Waals surface area contributed by atoms with Gasteiger partial charge in [-0.3, -0.25) is 9.59 Å². The molecule has 0 spiro atoms.